The second-order valence-electron chi connectivity index (χ2n) is 14.2. The van der Waals surface area contributed by atoms with Crippen LogP contribution in [0.25, 0.3) is 0 Å². The molecule has 48 heteroatoms. The molecule has 2 rings (SSSR count). The van der Waals surface area contributed by atoms with Crippen LogP contribution >= 0.6 is 0 Å². The molecule has 2 heterocycles. The number of nitrogens with one attached hydrogen (secondary N) is 2. The topological polar surface area (TPSA) is 138 Å². The summed E-state index contributed by atoms with van der Waals surface area (Å²) in [6, 6.07) is -8.92. The minimum Gasteiger partial charge on any atom is -0.457 e. The fourth-order valence-corrected chi connectivity index (χ4v) is 4.17. The Morgan fingerprint density at radius 3 is 0.577 bits per heavy atom. The van der Waals surface area contributed by atoms with Crippen molar-refractivity contribution in [3.05, 3.63) is 12.2 Å². The highest BCUT2D eigenvalue weighted by atomic mass is 19.5. The van der Waals surface area contributed by atoms with Gasteiger partial charge in [0.05, 0.1) is 0 Å². The van der Waals surface area contributed by atoms with Crippen LogP contribution in [0.1, 0.15) is 0 Å². The van der Waals surface area contributed by atoms with Gasteiger partial charge in [0.25, 0.3) is 0 Å². The van der Waals surface area contributed by atoms with E-state index in [2.05, 4.69) is 48.9 Å². The van der Waals surface area contributed by atoms with Crippen LogP contribution in [-0.2, 0) is 0 Å². The molecule has 0 bridgehead atoms. The number of alkyl halides is 36. The van der Waals surface area contributed by atoms with Crippen LogP contribution in [0.15, 0.2) is 12.2 Å². The Morgan fingerprint density at radius 1 is 0.256 bits per heavy atom. The van der Waals surface area contributed by atoms with E-state index in [0.717, 1.165) is 0 Å². The molecule has 0 atom stereocenters. The van der Waals surface area contributed by atoms with E-state index in [4.69, 9.17) is 0 Å². The monoisotopic (exact) mass is 1240 g/mol. The lowest BCUT2D eigenvalue weighted by Crippen LogP contribution is -2.62. The zero-order valence-corrected chi connectivity index (χ0v) is 35.3. The van der Waals surface area contributed by atoms with Crippen LogP contribution in [0, 0.1) is 0 Å². The molecule has 0 saturated heterocycles. The summed E-state index contributed by atoms with van der Waals surface area (Å²) in [6.45, 7) is -16.0. The van der Waals surface area contributed by atoms with Gasteiger partial charge in [-0.2, -0.15) is 178 Å². The molecule has 0 amide bonds. The smallest absolute Gasteiger partial charge is 0.457 e. The van der Waals surface area contributed by atoms with Crippen molar-refractivity contribution < 1.29 is 177 Å². The first-order valence-electron chi connectivity index (χ1n) is 18.2. The molecule has 0 fully saturated rings. The van der Waals surface area contributed by atoms with Gasteiger partial charge in [-0.25, -0.2) is 0 Å². The Bertz CT molecular complexity index is 2080. The number of aromatic nitrogens is 6. The van der Waals surface area contributed by atoms with Crippen molar-refractivity contribution >= 4 is 11.9 Å². The zero-order chi connectivity index (χ0) is 61.6. The van der Waals surface area contributed by atoms with Crippen molar-refractivity contribution in [1.29, 1.82) is 0 Å². The summed E-state index contributed by atoms with van der Waals surface area (Å²) in [5.74, 6) is -90.5. The summed E-state index contributed by atoms with van der Waals surface area (Å²) >= 11 is 0. The van der Waals surface area contributed by atoms with Gasteiger partial charge >= 0.3 is 120 Å². The van der Waals surface area contributed by atoms with Gasteiger partial charge in [-0.05, 0) is 0 Å². The molecule has 0 saturated carbocycles. The van der Waals surface area contributed by atoms with Crippen LogP contribution < -0.4 is 29.6 Å². The molecule has 0 aliphatic heterocycles. The van der Waals surface area contributed by atoms with Gasteiger partial charge in [-0.1, -0.05) is 12.2 Å². The van der Waals surface area contributed by atoms with Gasteiger partial charge in [0.15, 0.2) is 26.4 Å². The number of rotatable bonds is 26. The van der Waals surface area contributed by atoms with Gasteiger partial charge in [0.1, 0.15) is 0 Å². The first-order chi connectivity index (χ1) is 34.3. The van der Waals surface area contributed by atoms with Crippen molar-refractivity contribution in [1.82, 2.24) is 29.9 Å². The molecule has 2 N–H and O–H groups in total. The number of hydrogen-bond acceptors (Lipinski definition) is 12. The van der Waals surface area contributed by atoms with Crippen molar-refractivity contribution in [2.24, 2.45) is 0 Å². The highest BCUT2D eigenvalue weighted by Crippen LogP contribution is 2.57. The first kappa shape index (κ1) is 68.1. The quantitative estimate of drug-likeness (QED) is 0.0685. The average Bonchev–Trinajstić information content (AvgIpc) is 3.25. The maximum absolute atomic E-state index is 14.1. The van der Waals surface area contributed by atoms with Crippen molar-refractivity contribution in [2.45, 2.75) is 95.8 Å². The van der Waals surface area contributed by atoms with Crippen LogP contribution in [0.3, 0.4) is 0 Å². The Morgan fingerprint density at radius 2 is 0.423 bits per heavy atom. The summed E-state index contributed by atoms with van der Waals surface area (Å²) in [5, 5.41) is 3.34. The van der Waals surface area contributed by atoms with Gasteiger partial charge < -0.3 is 29.6 Å². The maximum Gasteiger partial charge on any atom is 0.460 e. The van der Waals surface area contributed by atoms with E-state index in [0.29, 0.717) is 12.2 Å². The zero-order valence-electron chi connectivity index (χ0n) is 35.3. The number of anilines is 2. The summed E-state index contributed by atoms with van der Waals surface area (Å²) in [7, 11) is 0. The molecule has 452 valence electrons. The largest absolute Gasteiger partial charge is 0.460 e. The molecule has 12 nitrogen and oxygen atoms in total. The Balaban J connectivity index is 2.54. The summed E-state index contributed by atoms with van der Waals surface area (Å²) in [6.07, 6.45) is -28.8. The van der Waals surface area contributed by atoms with Gasteiger partial charge in [0, 0.05) is 13.1 Å². The van der Waals surface area contributed by atoms with E-state index in [1.165, 1.54) is 0 Å². The first-order valence-corrected chi connectivity index (χ1v) is 18.2. The van der Waals surface area contributed by atoms with Crippen molar-refractivity contribution in [2.75, 3.05) is 50.2 Å². The third-order valence-corrected chi connectivity index (χ3v) is 8.48. The van der Waals surface area contributed by atoms with Crippen molar-refractivity contribution in [3.8, 4) is 24.0 Å². The molecule has 0 aliphatic carbocycles. The third kappa shape index (κ3) is 13.2. The molecule has 2 aromatic rings. The van der Waals surface area contributed by atoms with E-state index < -0.39 is 171 Å². The molecule has 0 aliphatic rings. The number of halogens is 36. The Labute approximate surface area is 401 Å². The molecule has 0 unspecified atom stereocenters. The fraction of sp³-hybridized carbons (Fsp3) is 0.733. The molecule has 0 radical (unpaired) electrons. The molecule has 0 spiro atoms. The van der Waals surface area contributed by atoms with E-state index >= 15 is 0 Å². The Hall–Kier alpha value is -5.96. The highest BCUT2D eigenvalue weighted by molar-refractivity contribution is 5.31. The van der Waals surface area contributed by atoms with Gasteiger partial charge in [0.2, 0.25) is 11.9 Å². The molecular weight excluding hydrogens is 1220 g/mol. The average molecular weight is 1240 g/mol. The number of hydrogen-bond donors (Lipinski definition) is 2. The summed E-state index contributed by atoms with van der Waals surface area (Å²) in [4.78, 5) is 16.2. The molecule has 0 aromatic carbocycles. The van der Waals surface area contributed by atoms with E-state index in [-0.39, 0.29) is 0 Å². The van der Waals surface area contributed by atoms with Crippen LogP contribution in [-0.4, -0.2) is 165 Å². The molecule has 78 heavy (non-hydrogen) atoms. The number of ether oxygens (including phenoxy) is 4. The standard InChI is InChI=1S/C30H16F36N8O4/c31-15(32,19(39,40)23(47,48)27(55,56)57)5-75-11-69-9(70-12(73-11)76-6-16(33,34)20(41,42)24(49,50)28(58,59)60)67-3-1-2-4-68-10-71-13(77-7-17(35,36)21(43,44)25(51,52)29(61,62)63)74-14(72-10)78-8-18(37,38)22(45,46)26(53,54)30(64,65)66/h1-2H,3-8H2,(H,67,69,70,73)(H,68,71,72,74)/b2-1-. The summed E-state index contributed by atoms with van der Waals surface area (Å²) < 4.78 is 493. The van der Waals surface area contributed by atoms with E-state index in [1.807, 2.05) is 0 Å². The highest BCUT2D eigenvalue weighted by Gasteiger charge is 2.85. The van der Waals surface area contributed by atoms with Gasteiger partial charge in [-0.15, -0.1) is 9.97 Å². The third-order valence-electron chi connectivity index (χ3n) is 8.48. The predicted octanol–water partition coefficient (Wildman–Crippen LogP) is 11.5. The second kappa shape index (κ2) is 21.3. The predicted molar refractivity (Wildman–Crippen MR) is 171 cm³/mol. The van der Waals surface area contributed by atoms with E-state index in [1.54, 1.807) is 10.6 Å². The minimum absolute atomic E-state index is 0.503. The van der Waals surface area contributed by atoms with Crippen LogP contribution in [0.5, 0.6) is 24.0 Å². The maximum atomic E-state index is 14.1. The Kier molecular flexibility index (Phi) is 18.6. The van der Waals surface area contributed by atoms with Crippen LogP contribution in [0.4, 0.5) is 170 Å². The number of nitrogens with zero attached hydrogens (tertiary/aromatic N) is 6. The van der Waals surface area contributed by atoms with Crippen molar-refractivity contribution in [3.63, 3.8) is 0 Å². The fourth-order valence-electron chi connectivity index (χ4n) is 4.17. The molecular formula is C30H16F36N8O4. The van der Waals surface area contributed by atoms with Crippen LogP contribution in [0.2, 0.25) is 0 Å². The lowest BCUT2D eigenvalue weighted by atomic mass is 10.0. The SMILES string of the molecule is FC(F)(F)C(F)(F)C(F)(F)C(F)(F)COc1nc(NC/C=C\CNc2nc(OCC(F)(F)C(F)(F)C(F)(F)C(F)(F)F)nc(OCC(F)(F)C(F)(F)C(F)(F)C(F)(F)F)n2)nc(OCC(F)(F)C(F)(F)C(F)(F)C(F)(F)F)n1. The lowest BCUT2D eigenvalue weighted by Gasteiger charge is -2.33. The molecule has 2 aromatic heterocycles. The minimum atomic E-state index is -7.62. The normalized spacial score (nSPS) is 15.2. The van der Waals surface area contributed by atoms with E-state index in [9.17, 15) is 158 Å². The second-order valence-corrected chi connectivity index (χ2v) is 14.2. The van der Waals surface area contributed by atoms with Gasteiger partial charge in [-0.3, -0.25) is 0 Å². The summed E-state index contributed by atoms with van der Waals surface area (Å²) in [5.41, 5.74) is 0. The lowest BCUT2D eigenvalue weighted by molar-refractivity contribution is -0.398.